The number of likely N-dealkylation sites (tertiary alicyclic amines) is 1. The van der Waals surface area contributed by atoms with Crippen LogP contribution in [0.1, 0.15) is 32.6 Å². The van der Waals surface area contributed by atoms with Gasteiger partial charge in [0.1, 0.15) is 17.6 Å². The summed E-state index contributed by atoms with van der Waals surface area (Å²) in [7, 11) is 0. The van der Waals surface area contributed by atoms with Crippen molar-refractivity contribution in [1.82, 2.24) is 4.90 Å². The molecule has 2 aromatic carbocycles. The fraction of sp³-hybridized carbons (Fsp3) is 0.348. The maximum Gasteiger partial charge on any atom is 0.330 e. The number of ether oxygens (including phenoxy) is 2. The average Bonchev–Trinajstić information content (AvgIpc) is 2.81. The van der Waals surface area contributed by atoms with Gasteiger partial charge in [0.2, 0.25) is 5.78 Å². The Morgan fingerprint density at radius 3 is 2.33 bits per heavy atom. The first-order valence-electron chi connectivity index (χ1n) is 10.3. The predicted molar refractivity (Wildman–Crippen MR) is 123 cm³/mol. The molecule has 0 aliphatic carbocycles. The summed E-state index contributed by atoms with van der Waals surface area (Å²) in [4.78, 5) is 27.5. The van der Waals surface area contributed by atoms with Crippen molar-refractivity contribution in [3.05, 3.63) is 51.2 Å². The van der Waals surface area contributed by atoms with Gasteiger partial charge < -0.3 is 14.4 Å². The fourth-order valence-electron chi connectivity index (χ4n) is 3.43. The van der Waals surface area contributed by atoms with Crippen LogP contribution >= 0.6 is 34.8 Å². The number of hydrogen-bond acceptors (Lipinski definition) is 5. The standard InChI is InChI=1S/C23H20Cl3FN2O4/c1-2-21(30)23(13-28,22(31)29-8-4-3-5-9-29)33-19-12-20(17(27)11-16(19)26)32-18-7-6-14(24)10-15(18)25/h6-7,10-12H,2-5,8-9H2,1H3. The summed E-state index contributed by atoms with van der Waals surface area (Å²) in [6.45, 7) is 2.33. The van der Waals surface area contributed by atoms with E-state index in [9.17, 15) is 19.2 Å². The molecule has 0 bridgehead atoms. The third-order valence-electron chi connectivity index (χ3n) is 5.18. The number of Topliss-reactive ketones (excluding diaryl/α,β-unsaturated/α-hetero) is 1. The second-order valence-electron chi connectivity index (χ2n) is 7.41. The van der Waals surface area contributed by atoms with Gasteiger partial charge in [-0.25, -0.2) is 4.39 Å². The number of nitriles is 1. The van der Waals surface area contributed by atoms with Crippen LogP contribution in [-0.2, 0) is 9.59 Å². The van der Waals surface area contributed by atoms with E-state index in [2.05, 4.69) is 0 Å². The molecule has 1 aliphatic rings. The van der Waals surface area contributed by atoms with Gasteiger partial charge in [0.15, 0.2) is 11.6 Å². The van der Waals surface area contributed by atoms with Gasteiger partial charge in [0.05, 0.1) is 10.0 Å². The number of carbonyl (C=O) groups excluding carboxylic acids is 2. The second kappa shape index (κ2) is 10.6. The Morgan fingerprint density at radius 1 is 1.06 bits per heavy atom. The molecule has 10 heteroatoms. The maximum absolute atomic E-state index is 14.6. The molecule has 174 valence electrons. The van der Waals surface area contributed by atoms with E-state index in [1.165, 1.54) is 30.0 Å². The number of nitrogens with zero attached hydrogens (tertiary/aromatic N) is 2. The zero-order chi connectivity index (χ0) is 24.2. The molecule has 2 aromatic rings. The molecule has 1 saturated heterocycles. The highest BCUT2D eigenvalue weighted by Crippen LogP contribution is 2.39. The van der Waals surface area contributed by atoms with Crippen molar-refractivity contribution in [2.75, 3.05) is 13.1 Å². The molecule has 1 unspecified atom stereocenters. The predicted octanol–water partition coefficient (Wildman–Crippen LogP) is 6.21. The fourth-order valence-corrected chi connectivity index (χ4v) is 4.07. The molecule has 0 radical (unpaired) electrons. The molecule has 1 heterocycles. The van der Waals surface area contributed by atoms with Gasteiger partial charge in [-0.1, -0.05) is 41.7 Å². The number of halogens is 4. The molecule has 1 fully saturated rings. The number of amides is 1. The Bertz CT molecular complexity index is 1120. The highest BCUT2D eigenvalue weighted by Gasteiger charge is 2.51. The highest BCUT2D eigenvalue weighted by atomic mass is 35.5. The zero-order valence-electron chi connectivity index (χ0n) is 17.7. The van der Waals surface area contributed by atoms with Gasteiger partial charge in [-0.15, -0.1) is 0 Å². The van der Waals surface area contributed by atoms with Gasteiger partial charge in [-0.05, 0) is 37.5 Å². The lowest BCUT2D eigenvalue weighted by Gasteiger charge is -2.34. The summed E-state index contributed by atoms with van der Waals surface area (Å²) in [5.41, 5.74) is -2.46. The summed E-state index contributed by atoms with van der Waals surface area (Å²) in [6, 6.07) is 8.09. The Kier molecular flexibility index (Phi) is 8.06. The van der Waals surface area contributed by atoms with Crippen LogP contribution in [0.5, 0.6) is 17.2 Å². The number of hydrogen-bond donors (Lipinski definition) is 0. The number of rotatable bonds is 7. The van der Waals surface area contributed by atoms with Crippen molar-refractivity contribution >= 4 is 46.5 Å². The number of carbonyl (C=O) groups is 2. The number of piperidine rings is 1. The van der Waals surface area contributed by atoms with Gasteiger partial charge in [0.25, 0.3) is 5.91 Å². The van der Waals surface area contributed by atoms with Crippen LogP contribution in [0.2, 0.25) is 15.1 Å². The average molecular weight is 514 g/mol. The van der Waals surface area contributed by atoms with Crippen molar-refractivity contribution in [3.8, 4) is 23.3 Å². The molecule has 33 heavy (non-hydrogen) atoms. The van der Waals surface area contributed by atoms with Gasteiger partial charge >= 0.3 is 5.60 Å². The molecule has 0 N–H and O–H groups in total. The van der Waals surface area contributed by atoms with E-state index in [1.54, 1.807) is 6.07 Å². The first kappa shape index (κ1) is 25.1. The van der Waals surface area contributed by atoms with Gasteiger partial charge in [-0.2, -0.15) is 5.26 Å². The van der Waals surface area contributed by atoms with E-state index >= 15 is 0 Å². The molecule has 1 aliphatic heterocycles. The molecule has 1 amide bonds. The smallest absolute Gasteiger partial charge is 0.330 e. The Hall–Kier alpha value is -2.53. The molecule has 0 aromatic heterocycles. The Morgan fingerprint density at radius 2 is 1.73 bits per heavy atom. The summed E-state index contributed by atoms with van der Waals surface area (Å²) in [5.74, 6) is -2.82. The van der Waals surface area contributed by atoms with E-state index < -0.39 is 23.1 Å². The number of ketones is 1. The van der Waals surface area contributed by atoms with E-state index in [1.807, 2.05) is 0 Å². The summed E-state index contributed by atoms with van der Waals surface area (Å²) in [5, 5.41) is 10.2. The van der Waals surface area contributed by atoms with Crippen LogP contribution < -0.4 is 9.47 Å². The quantitative estimate of drug-likeness (QED) is 0.411. The van der Waals surface area contributed by atoms with E-state index in [-0.39, 0.29) is 33.7 Å². The van der Waals surface area contributed by atoms with Gasteiger partial charge in [0, 0.05) is 36.7 Å². The minimum Gasteiger partial charge on any atom is -0.455 e. The van der Waals surface area contributed by atoms with Crippen molar-refractivity contribution < 1.29 is 23.5 Å². The SMILES string of the molecule is CCC(=O)C(C#N)(Oc1cc(Oc2ccc(Cl)cc2Cl)c(F)cc1Cl)C(=O)N1CCCCC1. The normalized spacial score (nSPS) is 15.3. The molecular weight excluding hydrogens is 494 g/mol. The first-order chi connectivity index (χ1) is 15.7. The summed E-state index contributed by atoms with van der Waals surface area (Å²) < 4.78 is 25.8. The van der Waals surface area contributed by atoms with Crippen LogP contribution in [0.25, 0.3) is 0 Å². The third-order valence-corrected chi connectivity index (χ3v) is 6.00. The Balaban J connectivity index is 2.00. The van der Waals surface area contributed by atoms with Crippen LogP contribution in [0, 0.1) is 17.1 Å². The molecular formula is C23H20Cl3FN2O4. The van der Waals surface area contributed by atoms with Crippen LogP contribution in [-0.4, -0.2) is 35.3 Å². The molecule has 1 atom stereocenters. The number of benzene rings is 2. The largest absolute Gasteiger partial charge is 0.455 e. The Labute approximate surface area is 205 Å². The topological polar surface area (TPSA) is 79.6 Å². The first-order valence-corrected chi connectivity index (χ1v) is 11.4. The van der Waals surface area contributed by atoms with E-state index in [0.717, 1.165) is 31.4 Å². The van der Waals surface area contributed by atoms with Crippen molar-refractivity contribution in [3.63, 3.8) is 0 Å². The molecule has 0 spiro atoms. The van der Waals surface area contributed by atoms with E-state index in [0.29, 0.717) is 18.1 Å². The second-order valence-corrected chi connectivity index (χ2v) is 8.67. The minimum absolute atomic E-state index is 0.105. The molecule has 6 nitrogen and oxygen atoms in total. The van der Waals surface area contributed by atoms with Crippen LogP contribution in [0.3, 0.4) is 0 Å². The molecule has 0 saturated carbocycles. The van der Waals surface area contributed by atoms with Crippen molar-refractivity contribution in [2.45, 2.75) is 38.2 Å². The van der Waals surface area contributed by atoms with Gasteiger partial charge in [-0.3, -0.25) is 9.59 Å². The lowest BCUT2D eigenvalue weighted by molar-refractivity contribution is -0.152. The summed E-state index contributed by atoms with van der Waals surface area (Å²) >= 11 is 18.1. The third kappa shape index (κ3) is 5.35. The lowest BCUT2D eigenvalue weighted by atomic mass is 9.94. The highest BCUT2D eigenvalue weighted by molar-refractivity contribution is 6.35. The van der Waals surface area contributed by atoms with Crippen LogP contribution in [0.4, 0.5) is 4.39 Å². The minimum atomic E-state index is -2.46. The van der Waals surface area contributed by atoms with Crippen molar-refractivity contribution in [2.24, 2.45) is 0 Å². The van der Waals surface area contributed by atoms with Crippen molar-refractivity contribution in [1.29, 1.82) is 5.26 Å². The van der Waals surface area contributed by atoms with Crippen LogP contribution in [0.15, 0.2) is 30.3 Å². The summed E-state index contributed by atoms with van der Waals surface area (Å²) in [6.07, 6.45) is 2.33. The zero-order valence-corrected chi connectivity index (χ0v) is 19.9. The monoisotopic (exact) mass is 512 g/mol. The molecule has 3 rings (SSSR count). The van der Waals surface area contributed by atoms with E-state index in [4.69, 9.17) is 44.3 Å². The lowest BCUT2D eigenvalue weighted by Crippen LogP contribution is -2.58. The maximum atomic E-state index is 14.6.